The maximum Gasteiger partial charge on any atom is 0.506 e. The second-order valence-electron chi connectivity index (χ2n) is 3.91. The summed E-state index contributed by atoms with van der Waals surface area (Å²) in [6.07, 6.45) is 2.96. The largest absolute Gasteiger partial charge is 0.506 e. The molecule has 1 fully saturated rings. The molecule has 0 saturated carbocycles. The van der Waals surface area contributed by atoms with Gasteiger partial charge in [-0.05, 0) is 32.4 Å². The van der Waals surface area contributed by atoms with E-state index in [9.17, 15) is 12.9 Å². The van der Waals surface area contributed by atoms with Crippen molar-refractivity contribution in [1.82, 2.24) is 4.90 Å². The Morgan fingerprint density at radius 2 is 2.14 bits per heavy atom. The number of hydrogen-bond donors (Lipinski definition) is 0. The monoisotopic (exact) mass is 206 g/mol. The van der Waals surface area contributed by atoms with E-state index in [-0.39, 0.29) is 6.54 Å². The summed E-state index contributed by atoms with van der Waals surface area (Å²) < 4.78 is 36.8. The molecule has 1 saturated heterocycles. The van der Waals surface area contributed by atoms with Gasteiger partial charge in [0, 0.05) is 6.04 Å². The van der Waals surface area contributed by atoms with Crippen molar-refractivity contribution >= 4 is 6.98 Å². The second kappa shape index (κ2) is 4.38. The van der Waals surface area contributed by atoms with E-state index >= 15 is 0 Å². The lowest BCUT2D eigenvalue weighted by Crippen LogP contribution is -2.35. The lowest BCUT2D eigenvalue weighted by molar-refractivity contribution is 0.268. The third-order valence-electron chi connectivity index (χ3n) is 2.84. The normalized spacial score (nSPS) is 24.1. The predicted molar refractivity (Wildman–Crippen MR) is 53.1 cm³/mol. The maximum atomic E-state index is 12.3. The molecule has 1 nitrogen and oxygen atoms in total. The first kappa shape index (κ1) is 11.6. The molecular weight excluding hydrogens is 190 g/mol. The van der Waals surface area contributed by atoms with Crippen LogP contribution in [0.5, 0.6) is 0 Å². The average Bonchev–Trinajstić information content (AvgIpc) is 2.50. The summed E-state index contributed by atoms with van der Waals surface area (Å²) in [5.41, 5.74) is -0.564. The Labute approximate surface area is 83.0 Å². The van der Waals surface area contributed by atoms with Crippen LogP contribution in [-0.2, 0) is 0 Å². The SMILES string of the molecule is C=C(CN1CCCC1CC)[B-](F)(F)F. The Kier molecular flexibility index (Phi) is 3.64. The van der Waals surface area contributed by atoms with Crippen LogP contribution in [0.25, 0.3) is 0 Å². The van der Waals surface area contributed by atoms with Crippen LogP contribution in [0.4, 0.5) is 12.9 Å². The molecule has 0 radical (unpaired) electrons. The fourth-order valence-electron chi connectivity index (χ4n) is 1.93. The number of likely N-dealkylation sites (tertiary alicyclic amines) is 1. The standard InChI is InChI=1S/C9H16BF3N/c1-3-9-5-4-6-14(9)7-8(2)10(11,12)13/h9H,2-7H2,1H3/q-1. The summed E-state index contributed by atoms with van der Waals surface area (Å²) in [6.45, 7) is 1.07. The predicted octanol–water partition coefficient (Wildman–Crippen LogP) is 2.80. The molecule has 0 aromatic heterocycles. The highest BCUT2D eigenvalue weighted by molar-refractivity contribution is 6.66. The Bertz CT molecular complexity index is 215. The van der Waals surface area contributed by atoms with Crippen LogP contribution in [0.3, 0.4) is 0 Å². The topological polar surface area (TPSA) is 3.24 Å². The van der Waals surface area contributed by atoms with Crippen molar-refractivity contribution in [1.29, 1.82) is 0 Å². The first-order valence-corrected chi connectivity index (χ1v) is 5.06. The van der Waals surface area contributed by atoms with Crippen LogP contribution in [-0.4, -0.2) is 31.0 Å². The third kappa shape index (κ3) is 2.77. The summed E-state index contributed by atoms with van der Waals surface area (Å²) in [5.74, 6) is 0. The van der Waals surface area contributed by atoms with Crippen LogP contribution >= 0.6 is 0 Å². The van der Waals surface area contributed by atoms with Gasteiger partial charge in [0.1, 0.15) is 0 Å². The lowest BCUT2D eigenvalue weighted by atomic mass is 9.80. The fraction of sp³-hybridized carbons (Fsp3) is 0.778. The summed E-state index contributed by atoms with van der Waals surface area (Å²) in [6, 6.07) is 0.324. The zero-order chi connectivity index (χ0) is 10.8. The van der Waals surface area contributed by atoms with Crippen molar-refractivity contribution in [3.63, 3.8) is 0 Å². The molecule has 0 aliphatic carbocycles. The summed E-state index contributed by atoms with van der Waals surface area (Å²) in [7, 11) is 0. The Hall–Kier alpha value is -0.445. The molecule has 82 valence electrons. The van der Waals surface area contributed by atoms with Crippen LogP contribution in [0.1, 0.15) is 26.2 Å². The minimum Gasteiger partial charge on any atom is -0.445 e. The van der Waals surface area contributed by atoms with Gasteiger partial charge in [-0.15, -0.1) is 12.1 Å². The summed E-state index contributed by atoms with van der Waals surface area (Å²) >= 11 is 0. The molecule has 0 aromatic rings. The molecule has 1 unspecified atom stereocenters. The van der Waals surface area contributed by atoms with Crippen LogP contribution < -0.4 is 0 Å². The zero-order valence-corrected chi connectivity index (χ0v) is 8.48. The molecule has 1 atom stereocenters. The van der Waals surface area contributed by atoms with Gasteiger partial charge in [-0.25, -0.2) is 0 Å². The molecule has 1 aliphatic rings. The van der Waals surface area contributed by atoms with E-state index in [2.05, 4.69) is 6.58 Å². The van der Waals surface area contributed by atoms with Crippen molar-refractivity contribution < 1.29 is 12.9 Å². The van der Waals surface area contributed by atoms with Crippen molar-refractivity contribution in [2.24, 2.45) is 0 Å². The van der Waals surface area contributed by atoms with Crippen LogP contribution in [0, 0.1) is 0 Å². The van der Waals surface area contributed by atoms with Gasteiger partial charge < -0.3 is 12.9 Å². The average molecular weight is 206 g/mol. The third-order valence-corrected chi connectivity index (χ3v) is 2.84. The molecule has 0 amide bonds. The first-order valence-electron chi connectivity index (χ1n) is 5.06. The molecule has 14 heavy (non-hydrogen) atoms. The molecule has 0 aromatic carbocycles. The lowest BCUT2D eigenvalue weighted by Gasteiger charge is -2.28. The van der Waals surface area contributed by atoms with Crippen molar-refractivity contribution in [2.45, 2.75) is 32.2 Å². The smallest absolute Gasteiger partial charge is 0.445 e. The van der Waals surface area contributed by atoms with Gasteiger partial charge in [-0.1, -0.05) is 6.92 Å². The number of nitrogens with zero attached hydrogens (tertiary/aromatic N) is 1. The fourth-order valence-corrected chi connectivity index (χ4v) is 1.93. The molecule has 1 rings (SSSR count). The molecule has 0 spiro atoms. The van der Waals surface area contributed by atoms with E-state index in [1.807, 2.05) is 11.8 Å². The molecule has 1 heterocycles. The van der Waals surface area contributed by atoms with Gasteiger partial charge in [0.25, 0.3) is 0 Å². The molecular formula is C9H16BF3N-. The maximum absolute atomic E-state index is 12.3. The van der Waals surface area contributed by atoms with E-state index in [0.717, 1.165) is 25.8 Å². The van der Waals surface area contributed by atoms with Gasteiger partial charge in [-0.2, -0.15) is 0 Å². The molecule has 1 aliphatic heterocycles. The quantitative estimate of drug-likeness (QED) is 0.639. The summed E-state index contributed by atoms with van der Waals surface area (Å²) in [4.78, 5) is 1.90. The van der Waals surface area contributed by atoms with Crippen molar-refractivity contribution in [3.8, 4) is 0 Å². The Balaban J connectivity index is 2.48. The van der Waals surface area contributed by atoms with E-state index in [0.29, 0.717) is 6.04 Å². The molecule has 0 N–H and O–H groups in total. The number of rotatable bonds is 4. The molecule has 5 heteroatoms. The highest BCUT2D eigenvalue weighted by Crippen LogP contribution is 2.25. The minimum absolute atomic E-state index is 0.00199. The van der Waals surface area contributed by atoms with Gasteiger partial charge >= 0.3 is 6.98 Å². The Morgan fingerprint density at radius 1 is 1.50 bits per heavy atom. The van der Waals surface area contributed by atoms with Gasteiger partial charge in [0.15, 0.2) is 0 Å². The Morgan fingerprint density at radius 3 is 2.64 bits per heavy atom. The zero-order valence-electron chi connectivity index (χ0n) is 8.48. The minimum atomic E-state index is -4.85. The van der Waals surface area contributed by atoms with Gasteiger partial charge in [0.05, 0.1) is 0 Å². The van der Waals surface area contributed by atoms with E-state index in [4.69, 9.17) is 0 Å². The van der Waals surface area contributed by atoms with E-state index in [1.165, 1.54) is 0 Å². The number of hydrogen-bond acceptors (Lipinski definition) is 1. The second-order valence-corrected chi connectivity index (χ2v) is 3.91. The number of halogens is 3. The van der Waals surface area contributed by atoms with Crippen LogP contribution in [0.2, 0.25) is 0 Å². The van der Waals surface area contributed by atoms with Crippen molar-refractivity contribution in [2.75, 3.05) is 13.1 Å². The molecule has 0 bridgehead atoms. The van der Waals surface area contributed by atoms with Gasteiger partial charge in [-0.3, -0.25) is 4.90 Å². The first-order chi connectivity index (χ1) is 6.45. The van der Waals surface area contributed by atoms with E-state index < -0.39 is 12.4 Å². The van der Waals surface area contributed by atoms with Crippen molar-refractivity contribution in [3.05, 3.63) is 12.1 Å². The highest BCUT2D eigenvalue weighted by atomic mass is 19.4. The summed E-state index contributed by atoms with van der Waals surface area (Å²) in [5, 5.41) is 0. The van der Waals surface area contributed by atoms with Crippen LogP contribution in [0.15, 0.2) is 12.1 Å². The van der Waals surface area contributed by atoms with Gasteiger partial charge in [0.2, 0.25) is 0 Å². The highest BCUT2D eigenvalue weighted by Gasteiger charge is 2.30. The van der Waals surface area contributed by atoms with E-state index in [1.54, 1.807) is 0 Å².